The van der Waals surface area contributed by atoms with Gasteiger partial charge in [-0.25, -0.2) is 0 Å². The van der Waals surface area contributed by atoms with Crippen LogP contribution in [0.5, 0.6) is 11.5 Å². The molecule has 1 aromatic carbocycles. The van der Waals surface area contributed by atoms with Gasteiger partial charge in [0.2, 0.25) is 0 Å². The first-order chi connectivity index (χ1) is 9.63. The van der Waals surface area contributed by atoms with E-state index in [-0.39, 0.29) is 5.91 Å². The molecule has 0 spiro atoms. The molecule has 1 unspecified atom stereocenters. The first-order valence-electron chi connectivity index (χ1n) is 7.03. The summed E-state index contributed by atoms with van der Waals surface area (Å²) in [4.78, 5) is 11.8. The highest BCUT2D eigenvalue weighted by Crippen LogP contribution is 2.32. The molecule has 3 N–H and O–H groups in total. The van der Waals surface area contributed by atoms with Crippen LogP contribution in [0.15, 0.2) is 18.2 Å². The number of para-hydroxylation sites is 1. The van der Waals surface area contributed by atoms with E-state index in [1.165, 1.54) is 0 Å². The van der Waals surface area contributed by atoms with Gasteiger partial charge in [-0.2, -0.15) is 0 Å². The maximum Gasteiger partial charge on any atom is 0.260 e. The molecule has 5 heteroatoms. The molecule has 1 aromatic rings. The summed E-state index contributed by atoms with van der Waals surface area (Å²) in [6.07, 6.45) is 0.103. The Balaban J connectivity index is 2.97. The summed E-state index contributed by atoms with van der Waals surface area (Å²) in [7, 11) is 0. The van der Waals surface area contributed by atoms with Crippen molar-refractivity contribution in [3.63, 3.8) is 0 Å². The smallest absolute Gasteiger partial charge is 0.260 e. The molecule has 20 heavy (non-hydrogen) atoms. The Morgan fingerprint density at radius 2 is 2.15 bits per heavy atom. The number of benzene rings is 1. The van der Waals surface area contributed by atoms with E-state index >= 15 is 0 Å². The molecule has 0 aliphatic rings. The lowest BCUT2D eigenvalue weighted by Gasteiger charge is -2.19. The zero-order chi connectivity index (χ0) is 15.0. The number of nitrogens with two attached hydrogens (primary N) is 1. The highest BCUT2D eigenvalue weighted by molar-refractivity contribution is 5.80. The van der Waals surface area contributed by atoms with E-state index < -0.39 is 6.10 Å². The number of amides is 1. The van der Waals surface area contributed by atoms with Gasteiger partial charge in [0.25, 0.3) is 5.91 Å². The number of rotatable bonds is 8. The number of nitrogens with one attached hydrogen (secondary N) is 1. The molecule has 0 aromatic heterocycles. The van der Waals surface area contributed by atoms with Gasteiger partial charge in [0.15, 0.2) is 17.6 Å². The van der Waals surface area contributed by atoms with Crippen molar-refractivity contribution in [3.8, 4) is 11.5 Å². The molecular formula is C15H24N2O3. The van der Waals surface area contributed by atoms with Gasteiger partial charge in [0, 0.05) is 6.54 Å². The normalized spacial score (nSPS) is 11.8. The van der Waals surface area contributed by atoms with Crippen molar-refractivity contribution < 1.29 is 14.3 Å². The van der Waals surface area contributed by atoms with Crippen molar-refractivity contribution in [2.75, 3.05) is 19.7 Å². The second-order valence-corrected chi connectivity index (χ2v) is 4.37. The number of hydrogen-bond acceptors (Lipinski definition) is 4. The fourth-order valence-electron chi connectivity index (χ4n) is 1.86. The van der Waals surface area contributed by atoms with Crippen molar-refractivity contribution >= 4 is 5.91 Å². The summed E-state index contributed by atoms with van der Waals surface area (Å²) < 4.78 is 11.4. The van der Waals surface area contributed by atoms with Crippen LogP contribution in [0.3, 0.4) is 0 Å². The van der Waals surface area contributed by atoms with Gasteiger partial charge in [-0.1, -0.05) is 12.1 Å². The first kappa shape index (κ1) is 16.3. The highest BCUT2D eigenvalue weighted by Gasteiger charge is 2.18. The fraction of sp³-hybridized carbons (Fsp3) is 0.533. The van der Waals surface area contributed by atoms with Crippen molar-refractivity contribution in [1.82, 2.24) is 5.32 Å². The molecule has 0 saturated heterocycles. The van der Waals surface area contributed by atoms with Crippen LogP contribution in [0, 0.1) is 0 Å². The minimum absolute atomic E-state index is 0.141. The summed E-state index contributed by atoms with van der Waals surface area (Å²) in [5, 5.41) is 2.74. The highest BCUT2D eigenvalue weighted by atomic mass is 16.5. The minimum atomic E-state index is -0.576. The second-order valence-electron chi connectivity index (χ2n) is 4.37. The zero-order valence-electron chi connectivity index (χ0n) is 12.4. The minimum Gasteiger partial charge on any atom is -0.490 e. The Kier molecular flexibility index (Phi) is 6.87. The Morgan fingerprint density at radius 3 is 2.75 bits per heavy atom. The van der Waals surface area contributed by atoms with Crippen molar-refractivity contribution in [1.29, 1.82) is 0 Å². The quantitative estimate of drug-likeness (QED) is 0.756. The number of carbonyl (C=O) groups is 1. The maximum atomic E-state index is 11.8. The van der Waals surface area contributed by atoms with Gasteiger partial charge >= 0.3 is 0 Å². The predicted octanol–water partition coefficient (Wildman–Crippen LogP) is 1.49. The van der Waals surface area contributed by atoms with Gasteiger partial charge in [-0.05, 0) is 45.4 Å². The van der Waals surface area contributed by atoms with E-state index in [4.69, 9.17) is 15.2 Å². The van der Waals surface area contributed by atoms with E-state index in [0.717, 1.165) is 5.56 Å². The van der Waals surface area contributed by atoms with E-state index in [1.807, 2.05) is 32.0 Å². The van der Waals surface area contributed by atoms with Crippen LogP contribution < -0.4 is 20.5 Å². The van der Waals surface area contributed by atoms with E-state index in [2.05, 4.69) is 5.32 Å². The molecule has 1 amide bonds. The van der Waals surface area contributed by atoms with Gasteiger partial charge in [0.1, 0.15) is 0 Å². The van der Waals surface area contributed by atoms with Crippen LogP contribution in [-0.4, -0.2) is 31.7 Å². The standard InChI is InChI=1S/C15H24N2O3/c1-4-17-15(18)11(3)20-14-12(9-10-16)7-6-8-13(14)19-5-2/h6-8,11H,4-5,9-10,16H2,1-3H3,(H,17,18). The summed E-state index contributed by atoms with van der Waals surface area (Å²) in [5.41, 5.74) is 6.57. The van der Waals surface area contributed by atoms with Crippen LogP contribution in [0.4, 0.5) is 0 Å². The average molecular weight is 280 g/mol. The Morgan fingerprint density at radius 1 is 1.40 bits per heavy atom. The zero-order valence-corrected chi connectivity index (χ0v) is 12.4. The van der Waals surface area contributed by atoms with Gasteiger partial charge in [-0.3, -0.25) is 4.79 Å². The molecule has 0 heterocycles. The number of likely N-dealkylation sites (N-methyl/N-ethyl adjacent to an activating group) is 1. The summed E-state index contributed by atoms with van der Waals surface area (Å²) in [5.74, 6) is 1.12. The van der Waals surface area contributed by atoms with Crippen LogP contribution in [0.1, 0.15) is 26.3 Å². The molecule has 0 aliphatic carbocycles. The monoisotopic (exact) mass is 280 g/mol. The molecule has 1 atom stereocenters. The average Bonchev–Trinajstić information content (AvgIpc) is 2.43. The molecule has 1 rings (SSSR count). The number of ether oxygens (including phenoxy) is 2. The van der Waals surface area contributed by atoms with Crippen molar-refractivity contribution in [2.24, 2.45) is 5.73 Å². The Hall–Kier alpha value is -1.75. The van der Waals surface area contributed by atoms with Crippen LogP contribution in [0.2, 0.25) is 0 Å². The maximum absolute atomic E-state index is 11.8. The van der Waals surface area contributed by atoms with Crippen LogP contribution in [-0.2, 0) is 11.2 Å². The van der Waals surface area contributed by atoms with Gasteiger partial charge in [0.05, 0.1) is 6.61 Å². The van der Waals surface area contributed by atoms with Crippen molar-refractivity contribution in [3.05, 3.63) is 23.8 Å². The number of carbonyl (C=O) groups excluding carboxylic acids is 1. The third kappa shape index (κ3) is 4.42. The van der Waals surface area contributed by atoms with E-state index in [9.17, 15) is 4.79 Å². The van der Waals surface area contributed by atoms with Gasteiger partial charge < -0.3 is 20.5 Å². The lowest BCUT2D eigenvalue weighted by molar-refractivity contribution is -0.127. The third-order valence-electron chi connectivity index (χ3n) is 2.79. The lowest BCUT2D eigenvalue weighted by atomic mass is 10.1. The second kappa shape index (κ2) is 8.43. The molecular weight excluding hydrogens is 256 g/mol. The van der Waals surface area contributed by atoms with E-state index in [1.54, 1.807) is 6.92 Å². The molecule has 112 valence electrons. The Bertz CT molecular complexity index is 411. The SMILES string of the molecule is CCNC(=O)C(C)Oc1c(CCN)cccc1OCC. The van der Waals surface area contributed by atoms with Crippen molar-refractivity contribution in [2.45, 2.75) is 33.3 Å². The molecule has 0 radical (unpaired) electrons. The predicted molar refractivity (Wildman–Crippen MR) is 79.1 cm³/mol. The molecule has 5 nitrogen and oxygen atoms in total. The molecule has 0 bridgehead atoms. The van der Waals surface area contributed by atoms with Crippen LogP contribution >= 0.6 is 0 Å². The topological polar surface area (TPSA) is 73.6 Å². The molecule has 0 aliphatic heterocycles. The molecule has 0 saturated carbocycles. The summed E-state index contributed by atoms with van der Waals surface area (Å²) in [6.45, 7) is 7.14. The fourth-order valence-corrected chi connectivity index (χ4v) is 1.86. The first-order valence-corrected chi connectivity index (χ1v) is 7.03. The summed E-state index contributed by atoms with van der Waals surface area (Å²) >= 11 is 0. The van der Waals surface area contributed by atoms with Crippen LogP contribution in [0.25, 0.3) is 0 Å². The van der Waals surface area contributed by atoms with E-state index in [0.29, 0.717) is 37.6 Å². The third-order valence-corrected chi connectivity index (χ3v) is 2.79. The molecule has 0 fully saturated rings. The summed E-state index contributed by atoms with van der Waals surface area (Å²) in [6, 6.07) is 5.68. The number of hydrogen-bond donors (Lipinski definition) is 2. The van der Waals surface area contributed by atoms with Gasteiger partial charge in [-0.15, -0.1) is 0 Å². The lowest BCUT2D eigenvalue weighted by Crippen LogP contribution is -2.36. The Labute approximate surface area is 120 Å². The largest absolute Gasteiger partial charge is 0.490 e.